The molecular formula is C14H23NO15S. The lowest BCUT2D eigenvalue weighted by atomic mass is 9.95. The van der Waals surface area contributed by atoms with E-state index < -0.39 is 90.2 Å². The van der Waals surface area contributed by atoms with Crippen molar-refractivity contribution in [2.45, 2.75) is 68.3 Å². The first-order chi connectivity index (χ1) is 14.2. The van der Waals surface area contributed by atoms with Gasteiger partial charge in [-0.1, -0.05) is 0 Å². The summed E-state index contributed by atoms with van der Waals surface area (Å²) in [6.45, 7) is 0.0206. The molecule has 2 fully saturated rings. The molecule has 31 heavy (non-hydrogen) atoms. The Balaban J connectivity index is 2.28. The number of ether oxygens (including phenoxy) is 3. The van der Waals surface area contributed by atoms with Gasteiger partial charge in [0.15, 0.2) is 18.7 Å². The molecular weight excluding hydrogens is 454 g/mol. The fourth-order valence-corrected chi connectivity index (χ4v) is 3.41. The van der Waals surface area contributed by atoms with Crippen LogP contribution in [-0.4, -0.2) is 123 Å². The molecule has 16 nitrogen and oxygen atoms in total. The Hall–Kier alpha value is -1.51. The number of aliphatic hydroxyl groups excluding tert-OH is 5. The predicted octanol–water partition coefficient (Wildman–Crippen LogP) is -5.33. The molecule has 0 aromatic heterocycles. The van der Waals surface area contributed by atoms with Crippen LogP contribution in [0.3, 0.4) is 0 Å². The number of rotatable bonds is 7. The van der Waals surface area contributed by atoms with Crippen LogP contribution in [0.2, 0.25) is 0 Å². The highest BCUT2D eigenvalue weighted by atomic mass is 32.3. The van der Waals surface area contributed by atoms with Gasteiger partial charge in [0.2, 0.25) is 5.91 Å². The van der Waals surface area contributed by atoms with E-state index in [9.17, 15) is 43.5 Å². The molecule has 0 saturated carbocycles. The van der Waals surface area contributed by atoms with Crippen molar-refractivity contribution in [1.29, 1.82) is 0 Å². The summed E-state index contributed by atoms with van der Waals surface area (Å²) in [7, 11) is -4.99. The summed E-state index contributed by atoms with van der Waals surface area (Å²) >= 11 is 0. The highest BCUT2D eigenvalue weighted by Gasteiger charge is 2.52. The fraction of sp³-hybridized carbons (Fsp3) is 0.857. The first-order valence-corrected chi connectivity index (χ1v) is 10.1. The van der Waals surface area contributed by atoms with Crippen LogP contribution in [0, 0.1) is 0 Å². The largest absolute Gasteiger partial charge is 0.479 e. The second-order valence-corrected chi connectivity index (χ2v) is 7.92. The summed E-state index contributed by atoms with van der Waals surface area (Å²) in [5.41, 5.74) is 0. The number of amides is 1. The van der Waals surface area contributed by atoms with Gasteiger partial charge in [0.05, 0.1) is 6.61 Å². The molecule has 2 aliphatic heterocycles. The number of carboxylic acids is 1. The minimum atomic E-state index is -4.99. The van der Waals surface area contributed by atoms with Crippen LogP contribution in [0.1, 0.15) is 6.92 Å². The second-order valence-electron chi connectivity index (χ2n) is 6.83. The molecule has 0 aromatic rings. The van der Waals surface area contributed by atoms with E-state index in [0.29, 0.717) is 0 Å². The third-order valence-electron chi connectivity index (χ3n) is 4.55. The van der Waals surface area contributed by atoms with Crippen molar-refractivity contribution in [2.75, 3.05) is 6.61 Å². The zero-order valence-corrected chi connectivity index (χ0v) is 16.6. The molecule has 8 N–H and O–H groups in total. The quantitative estimate of drug-likeness (QED) is 0.159. The Bertz CT molecular complexity index is 761. The first kappa shape index (κ1) is 25.7. The van der Waals surface area contributed by atoms with Crippen LogP contribution in [0.15, 0.2) is 0 Å². The molecule has 2 rings (SSSR count). The second kappa shape index (κ2) is 9.96. The summed E-state index contributed by atoms with van der Waals surface area (Å²) in [5.74, 6) is -2.43. The fourth-order valence-electron chi connectivity index (χ4n) is 3.10. The molecule has 0 bridgehead atoms. The van der Waals surface area contributed by atoms with Crippen molar-refractivity contribution in [3.63, 3.8) is 0 Å². The van der Waals surface area contributed by atoms with Crippen molar-refractivity contribution in [3.05, 3.63) is 0 Å². The summed E-state index contributed by atoms with van der Waals surface area (Å²) in [5, 5.41) is 61.4. The Kier molecular flexibility index (Phi) is 8.27. The molecule has 10 atom stereocenters. The molecule has 1 unspecified atom stereocenters. The molecule has 0 radical (unpaired) electrons. The number of aliphatic hydroxyl groups is 5. The number of nitrogens with one attached hydrogen (secondary N) is 1. The highest BCUT2D eigenvalue weighted by molar-refractivity contribution is 7.80. The van der Waals surface area contributed by atoms with Gasteiger partial charge in [0.25, 0.3) is 0 Å². The Morgan fingerprint density at radius 2 is 1.61 bits per heavy atom. The molecule has 0 aromatic carbocycles. The van der Waals surface area contributed by atoms with Crippen LogP contribution < -0.4 is 5.32 Å². The zero-order valence-electron chi connectivity index (χ0n) is 15.8. The Morgan fingerprint density at radius 3 is 2.13 bits per heavy atom. The normalized spacial score (nSPS) is 41.5. The van der Waals surface area contributed by atoms with Gasteiger partial charge in [0, 0.05) is 6.92 Å². The van der Waals surface area contributed by atoms with Crippen LogP contribution in [0.4, 0.5) is 0 Å². The number of carbonyl (C=O) groups excluding carboxylic acids is 1. The predicted molar refractivity (Wildman–Crippen MR) is 91.2 cm³/mol. The monoisotopic (exact) mass is 477 g/mol. The van der Waals surface area contributed by atoms with E-state index in [1.54, 1.807) is 0 Å². The maximum Gasteiger partial charge on any atom is 0.397 e. The Morgan fingerprint density at radius 1 is 1.00 bits per heavy atom. The van der Waals surface area contributed by atoms with Gasteiger partial charge in [-0.3, -0.25) is 9.35 Å². The van der Waals surface area contributed by atoms with Gasteiger partial charge in [0.1, 0.15) is 42.7 Å². The summed E-state index contributed by atoms with van der Waals surface area (Å²) in [4.78, 5) is 22.5. The minimum absolute atomic E-state index is 0.712. The number of carbonyl (C=O) groups is 2. The van der Waals surface area contributed by atoms with E-state index in [-0.39, 0.29) is 0 Å². The van der Waals surface area contributed by atoms with Crippen molar-refractivity contribution in [2.24, 2.45) is 0 Å². The molecule has 2 heterocycles. The molecule has 17 heteroatoms. The van der Waals surface area contributed by atoms with Gasteiger partial charge >= 0.3 is 16.4 Å². The third-order valence-corrected chi connectivity index (χ3v) is 4.98. The molecule has 180 valence electrons. The Labute approximate surface area is 174 Å². The van der Waals surface area contributed by atoms with Gasteiger partial charge in [-0.25, -0.2) is 8.98 Å². The van der Waals surface area contributed by atoms with Gasteiger partial charge < -0.3 is 50.2 Å². The van der Waals surface area contributed by atoms with Gasteiger partial charge in [-0.05, 0) is 0 Å². The standard InChI is InChI=1S/C14H23NO15S/c1-3(16)15-5-6(17)10(4(28-13(5)23)2-27-31(24,25)26)29-14-9(20)7(18)8(19)11(30-14)12(21)22/h4-11,13-14,17-20,23H,2H2,1H3,(H,15,16)(H,21,22)(H,24,25,26)/t4-,5-,6-,7+,8+,9-,10-,11+,13?,14-/m1/s1. The van der Waals surface area contributed by atoms with E-state index in [1.165, 1.54) is 0 Å². The summed E-state index contributed by atoms with van der Waals surface area (Å²) in [6.07, 6.45) is -17.4. The van der Waals surface area contributed by atoms with E-state index in [0.717, 1.165) is 6.92 Å². The number of hydrogen-bond donors (Lipinski definition) is 8. The summed E-state index contributed by atoms with van der Waals surface area (Å²) < 4.78 is 49.9. The third kappa shape index (κ3) is 6.26. The van der Waals surface area contributed by atoms with Crippen molar-refractivity contribution >= 4 is 22.3 Å². The van der Waals surface area contributed by atoms with E-state index in [1.807, 2.05) is 0 Å². The van der Waals surface area contributed by atoms with Crippen LogP contribution in [0.25, 0.3) is 0 Å². The lowest BCUT2D eigenvalue weighted by molar-refractivity contribution is -0.339. The molecule has 2 saturated heterocycles. The van der Waals surface area contributed by atoms with E-state index in [2.05, 4.69) is 9.50 Å². The first-order valence-electron chi connectivity index (χ1n) is 8.71. The highest BCUT2D eigenvalue weighted by Crippen LogP contribution is 2.29. The van der Waals surface area contributed by atoms with Crippen molar-refractivity contribution in [3.8, 4) is 0 Å². The smallest absolute Gasteiger partial charge is 0.397 e. The number of hydrogen-bond acceptors (Lipinski definition) is 13. The average Bonchev–Trinajstić information content (AvgIpc) is 2.64. The molecule has 0 aliphatic carbocycles. The lowest BCUT2D eigenvalue weighted by Crippen LogP contribution is -2.67. The average molecular weight is 477 g/mol. The number of aliphatic carboxylic acids is 1. The van der Waals surface area contributed by atoms with E-state index >= 15 is 0 Å². The van der Waals surface area contributed by atoms with Gasteiger partial charge in [-0.2, -0.15) is 8.42 Å². The topological polar surface area (TPSA) is 259 Å². The zero-order chi connectivity index (χ0) is 23.7. The minimum Gasteiger partial charge on any atom is -0.479 e. The molecule has 0 spiro atoms. The summed E-state index contributed by atoms with van der Waals surface area (Å²) in [6, 6.07) is -1.53. The molecule has 2 aliphatic rings. The maximum atomic E-state index is 11.3. The maximum absolute atomic E-state index is 11.3. The van der Waals surface area contributed by atoms with Crippen LogP contribution in [-0.2, 0) is 38.4 Å². The van der Waals surface area contributed by atoms with Gasteiger partial charge in [-0.15, -0.1) is 0 Å². The van der Waals surface area contributed by atoms with Crippen molar-refractivity contribution in [1.82, 2.24) is 5.32 Å². The van der Waals surface area contributed by atoms with E-state index in [4.69, 9.17) is 23.9 Å². The molecule has 1 amide bonds. The van der Waals surface area contributed by atoms with Crippen LogP contribution >= 0.6 is 0 Å². The SMILES string of the molecule is CC(=O)N[C@H]1C(O)O[C@H](COS(=O)(=O)O)[C@@H](O[C@@H]2O[C@H](C(=O)O)[C@@H](O)[C@H](O)[C@H]2O)[C@@H]1O. The van der Waals surface area contributed by atoms with Crippen LogP contribution in [0.5, 0.6) is 0 Å². The van der Waals surface area contributed by atoms with Crippen molar-refractivity contribution < 1.29 is 71.6 Å². The lowest BCUT2D eigenvalue weighted by Gasteiger charge is -2.46. The number of carboxylic acid groups (broad SMARTS) is 1.